The number of hydrogen-bond donors (Lipinski definition) is 6. The zero-order valence-electron chi connectivity index (χ0n) is 21.6. The average molecular weight is 541 g/mol. The molecule has 11 heteroatoms. The number of aliphatic hydroxyl groups excluding tert-OH is 5. The van der Waals surface area contributed by atoms with E-state index in [1.807, 2.05) is 0 Å². The van der Waals surface area contributed by atoms with Crippen LogP contribution >= 0.6 is 0 Å². The molecule has 0 amide bonds. The summed E-state index contributed by atoms with van der Waals surface area (Å²) >= 11 is 0. The number of fused-ring (bicyclic) bond motifs is 6. The molecule has 6 rings (SSSR count). The fraction of sp³-hybridized carbons (Fsp3) is 0.926. The molecule has 2 heterocycles. The van der Waals surface area contributed by atoms with Gasteiger partial charge >= 0.3 is 5.97 Å². The predicted octanol–water partition coefficient (Wildman–Crippen LogP) is -0.209. The van der Waals surface area contributed by atoms with Gasteiger partial charge in [0.1, 0.15) is 24.9 Å². The Morgan fingerprint density at radius 3 is 2.45 bits per heavy atom. The molecule has 0 aromatic heterocycles. The summed E-state index contributed by atoms with van der Waals surface area (Å²) in [5, 5.41) is 60.6. The molecule has 0 aromatic rings. The zero-order chi connectivity index (χ0) is 27.1. The lowest BCUT2D eigenvalue weighted by molar-refractivity contribution is -0.310. The van der Waals surface area contributed by atoms with Gasteiger partial charge in [0.05, 0.1) is 12.2 Å². The molecule has 0 aromatic carbocycles. The van der Waals surface area contributed by atoms with E-state index in [-0.39, 0.29) is 47.1 Å². The molecule has 15 unspecified atom stereocenters. The molecule has 2 bridgehead atoms. The van der Waals surface area contributed by atoms with Crippen molar-refractivity contribution in [3.63, 3.8) is 0 Å². The SMILES string of the molecule is CC12CCC(OC3OC(C(=O)O)C(O)C(O)C3O)CC1CCC1C2C2CC3(C(O)O2)C(C(=O)CO)CCC13. The van der Waals surface area contributed by atoms with Gasteiger partial charge in [-0.1, -0.05) is 6.92 Å². The Labute approximate surface area is 221 Å². The molecule has 2 saturated heterocycles. The van der Waals surface area contributed by atoms with Gasteiger partial charge in [0.15, 0.2) is 24.5 Å². The molecule has 6 aliphatic rings. The van der Waals surface area contributed by atoms with Crippen molar-refractivity contribution >= 4 is 11.8 Å². The van der Waals surface area contributed by atoms with E-state index in [1.165, 1.54) is 0 Å². The molecule has 15 atom stereocenters. The van der Waals surface area contributed by atoms with Crippen molar-refractivity contribution in [2.24, 2.45) is 40.4 Å². The van der Waals surface area contributed by atoms with E-state index >= 15 is 0 Å². The number of carbonyl (C=O) groups excluding carboxylic acids is 1. The second-order valence-corrected chi connectivity index (χ2v) is 12.9. The van der Waals surface area contributed by atoms with E-state index in [0.29, 0.717) is 31.6 Å². The predicted molar refractivity (Wildman–Crippen MR) is 127 cm³/mol. The topological polar surface area (TPSA) is 183 Å². The van der Waals surface area contributed by atoms with Crippen molar-refractivity contribution in [3.8, 4) is 0 Å². The number of carboxylic acids is 1. The number of carboxylic acid groups (broad SMARTS) is 1. The highest BCUT2D eigenvalue weighted by Crippen LogP contribution is 2.71. The third-order valence-corrected chi connectivity index (χ3v) is 11.6. The maximum Gasteiger partial charge on any atom is 0.335 e. The van der Waals surface area contributed by atoms with E-state index in [0.717, 1.165) is 25.7 Å². The Kier molecular flexibility index (Phi) is 6.71. The minimum absolute atomic E-state index is 0.0753. The Morgan fingerprint density at radius 1 is 0.974 bits per heavy atom. The largest absolute Gasteiger partial charge is 0.479 e. The van der Waals surface area contributed by atoms with Gasteiger partial charge in [-0.05, 0) is 80.5 Å². The van der Waals surface area contributed by atoms with Crippen molar-refractivity contribution in [1.82, 2.24) is 0 Å². The summed E-state index contributed by atoms with van der Waals surface area (Å²) in [7, 11) is 0. The van der Waals surface area contributed by atoms with Crippen LogP contribution in [0.25, 0.3) is 0 Å². The fourth-order valence-electron chi connectivity index (χ4n) is 9.93. The van der Waals surface area contributed by atoms with Crippen molar-refractivity contribution in [2.75, 3.05) is 6.61 Å². The molecule has 214 valence electrons. The molecule has 1 spiro atoms. The van der Waals surface area contributed by atoms with Gasteiger partial charge in [-0.3, -0.25) is 4.79 Å². The van der Waals surface area contributed by atoms with Crippen LogP contribution in [0.5, 0.6) is 0 Å². The Hall–Kier alpha value is -1.18. The monoisotopic (exact) mass is 540 g/mol. The molecular weight excluding hydrogens is 500 g/mol. The van der Waals surface area contributed by atoms with Gasteiger partial charge in [-0.25, -0.2) is 4.79 Å². The van der Waals surface area contributed by atoms with E-state index in [4.69, 9.17) is 14.2 Å². The summed E-state index contributed by atoms with van der Waals surface area (Å²) in [5.41, 5.74) is -0.677. The van der Waals surface area contributed by atoms with Crippen LogP contribution in [0, 0.1) is 40.4 Å². The first-order valence-electron chi connectivity index (χ1n) is 14.1. The Morgan fingerprint density at radius 2 is 1.74 bits per heavy atom. The van der Waals surface area contributed by atoms with Gasteiger partial charge in [0.25, 0.3) is 0 Å². The van der Waals surface area contributed by atoms with Crippen molar-refractivity contribution in [3.05, 3.63) is 0 Å². The number of aliphatic hydroxyl groups is 5. The average Bonchev–Trinajstić information content (AvgIpc) is 3.41. The fourth-order valence-corrected chi connectivity index (χ4v) is 9.93. The van der Waals surface area contributed by atoms with Crippen LogP contribution in [-0.4, -0.2) is 98.2 Å². The molecule has 4 saturated carbocycles. The summed E-state index contributed by atoms with van der Waals surface area (Å²) in [5.74, 6) is -0.976. The van der Waals surface area contributed by atoms with Gasteiger partial charge in [-0.15, -0.1) is 0 Å². The highest BCUT2D eigenvalue weighted by molar-refractivity contribution is 5.83. The first-order chi connectivity index (χ1) is 18.0. The summed E-state index contributed by atoms with van der Waals surface area (Å²) in [6, 6.07) is 0. The molecule has 4 aliphatic carbocycles. The van der Waals surface area contributed by atoms with Gasteiger partial charge in [-0.2, -0.15) is 0 Å². The smallest absolute Gasteiger partial charge is 0.335 e. The maximum absolute atomic E-state index is 12.6. The quantitative estimate of drug-likeness (QED) is 0.254. The number of ether oxygens (including phenoxy) is 3. The highest BCUT2D eigenvalue weighted by Gasteiger charge is 2.71. The van der Waals surface area contributed by atoms with Crippen LogP contribution in [0.4, 0.5) is 0 Å². The van der Waals surface area contributed by atoms with E-state index in [9.17, 15) is 40.2 Å². The van der Waals surface area contributed by atoms with E-state index in [2.05, 4.69) is 6.92 Å². The van der Waals surface area contributed by atoms with Gasteiger partial charge in [0, 0.05) is 11.3 Å². The highest BCUT2D eigenvalue weighted by atomic mass is 16.7. The van der Waals surface area contributed by atoms with Crippen LogP contribution in [-0.2, 0) is 23.8 Å². The number of carbonyl (C=O) groups is 2. The van der Waals surface area contributed by atoms with Crippen LogP contribution < -0.4 is 0 Å². The second kappa shape index (κ2) is 9.44. The second-order valence-electron chi connectivity index (χ2n) is 12.9. The summed E-state index contributed by atoms with van der Waals surface area (Å²) < 4.78 is 17.6. The van der Waals surface area contributed by atoms with Crippen molar-refractivity contribution in [2.45, 2.75) is 107 Å². The number of aliphatic carboxylic acids is 1. The lowest BCUT2D eigenvalue weighted by Crippen LogP contribution is -2.61. The van der Waals surface area contributed by atoms with Crippen LogP contribution in [0.1, 0.15) is 58.3 Å². The third-order valence-electron chi connectivity index (χ3n) is 11.6. The first kappa shape index (κ1) is 27.0. The molecule has 38 heavy (non-hydrogen) atoms. The van der Waals surface area contributed by atoms with Crippen LogP contribution in [0.2, 0.25) is 0 Å². The molecule has 2 aliphatic heterocycles. The molecular formula is C27H40O11. The Bertz CT molecular complexity index is 959. The minimum atomic E-state index is -1.75. The van der Waals surface area contributed by atoms with E-state index in [1.54, 1.807) is 0 Å². The number of Topliss-reactive ketones (excluding diaryl/α,β-unsaturated/α-hetero) is 1. The van der Waals surface area contributed by atoms with Gasteiger partial charge < -0.3 is 44.8 Å². The molecule has 11 nitrogen and oxygen atoms in total. The lowest BCUT2D eigenvalue weighted by Gasteiger charge is -2.60. The molecule has 6 fully saturated rings. The Balaban J connectivity index is 1.18. The molecule has 0 radical (unpaired) electrons. The van der Waals surface area contributed by atoms with Crippen LogP contribution in [0.15, 0.2) is 0 Å². The summed E-state index contributed by atoms with van der Waals surface area (Å²) in [6.07, 6.45) is -3.32. The van der Waals surface area contributed by atoms with Crippen LogP contribution in [0.3, 0.4) is 0 Å². The maximum atomic E-state index is 12.6. The molecule has 6 N–H and O–H groups in total. The zero-order valence-corrected chi connectivity index (χ0v) is 21.6. The standard InChI is InChI=1S/C27H40O11/c1-26-7-6-12(36-24-21(32)19(30)20(31)22(38-24)23(33)34)8-11(26)2-3-13-14-4-5-15(16(29)10-28)27(14)9-17(18(13)26)37-25(27)35/h11-15,17-22,24-25,28,30-32,35H,2-10H2,1H3,(H,33,34). The van der Waals surface area contributed by atoms with Crippen molar-refractivity contribution < 1.29 is 54.4 Å². The summed E-state index contributed by atoms with van der Waals surface area (Å²) in [6.45, 7) is 1.79. The van der Waals surface area contributed by atoms with Crippen molar-refractivity contribution in [1.29, 1.82) is 0 Å². The normalized spacial score (nSPS) is 55.6. The summed E-state index contributed by atoms with van der Waals surface area (Å²) in [4.78, 5) is 24.1. The first-order valence-corrected chi connectivity index (χ1v) is 14.1. The number of rotatable bonds is 5. The minimum Gasteiger partial charge on any atom is -0.479 e. The number of hydrogen-bond acceptors (Lipinski definition) is 10. The van der Waals surface area contributed by atoms with Gasteiger partial charge in [0.2, 0.25) is 0 Å². The number of ketones is 1. The lowest BCUT2D eigenvalue weighted by atomic mass is 9.44. The van der Waals surface area contributed by atoms with E-state index < -0.39 is 55.0 Å². The third kappa shape index (κ3) is 3.69.